The lowest BCUT2D eigenvalue weighted by Gasteiger charge is -2.28. The molecule has 0 saturated heterocycles. The van der Waals surface area contributed by atoms with Crippen molar-refractivity contribution in [1.82, 2.24) is 4.90 Å². The fourth-order valence-corrected chi connectivity index (χ4v) is 3.19. The van der Waals surface area contributed by atoms with Crippen LogP contribution >= 0.6 is 0 Å². The van der Waals surface area contributed by atoms with Crippen LogP contribution in [0, 0.1) is 5.92 Å². The molecule has 1 saturated carbocycles. The summed E-state index contributed by atoms with van der Waals surface area (Å²) in [4.78, 5) is 14.5. The van der Waals surface area contributed by atoms with Gasteiger partial charge in [-0.3, -0.25) is 4.79 Å². The fraction of sp³-hybridized carbons (Fsp3) is 0.611. The van der Waals surface area contributed by atoms with Gasteiger partial charge in [0.15, 0.2) is 0 Å². The Bertz CT molecular complexity index is 464. The molecule has 1 amide bonds. The van der Waals surface area contributed by atoms with Crippen molar-refractivity contribution in [2.24, 2.45) is 5.92 Å². The number of hydrogen-bond donors (Lipinski definition) is 1. The lowest BCUT2D eigenvalue weighted by molar-refractivity contribution is -0.133. The van der Waals surface area contributed by atoms with Crippen LogP contribution in [0.4, 0.5) is 5.69 Å². The summed E-state index contributed by atoms with van der Waals surface area (Å²) in [5.74, 6) is 1.03. The maximum atomic E-state index is 12.5. The summed E-state index contributed by atoms with van der Waals surface area (Å²) in [6, 6.07) is 8.03. The third kappa shape index (κ3) is 4.48. The largest absolute Gasteiger partial charge is 0.398 e. The predicted octanol–water partition coefficient (Wildman–Crippen LogP) is 3.98. The molecule has 0 aromatic heterocycles. The minimum absolute atomic E-state index is 0.209. The number of anilines is 1. The van der Waals surface area contributed by atoms with E-state index in [-0.39, 0.29) is 11.9 Å². The van der Waals surface area contributed by atoms with Crippen LogP contribution in [0.15, 0.2) is 24.3 Å². The predicted molar refractivity (Wildman–Crippen MR) is 87.7 cm³/mol. The number of nitrogens with two attached hydrogens (primary N) is 1. The molecule has 21 heavy (non-hydrogen) atoms. The van der Waals surface area contributed by atoms with Crippen LogP contribution in [0.1, 0.15) is 57.9 Å². The number of amides is 1. The SMILES string of the molecule is CC(C)N(Cc1ccccc1N)C(=O)CCC1CCCC1. The third-order valence-corrected chi connectivity index (χ3v) is 4.58. The zero-order valence-corrected chi connectivity index (χ0v) is 13.3. The molecule has 0 unspecified atom stereocenters. The van der Waals surface area contributed by atoms with E-state index in [4.69, 9.17) is 5.73 Å². The first-order valence-corrected chi connectivity index (χ1v) is 8.20. The molecule has 1 aromatic carbocycles. The fourth-order valence-electron chi connectivity index (χ4n) is 3.19. The van der Waals surface area contributed by atoms with Gasteiger partial charge in [0, 0.05) is 24.7 Å². The summed E-state index contributed by atoms with van der Waals surface area (Å²) in [5.41, 5.74) is 7.82. The molecule has 1 aromatic rings. The van der Waals surface area contributed by atoms with Gasteiger partial charge in [-0.2, -0.15) is 0 Å². The topological polar surface area (TPSA) is 46.3 Å². The number of benzene rings is 1. The highest BCUT2D eigenvalue weighted by atomic mass is 16.2. The Labute approximate surface area is 128 Å². The first-order valence-electron chi connectivity index (χ1n) is 8.20. The van der Waals surface area contributed by atoms with Crippen molar-refractivity contribution in [2.75, 3.05) is 5.73 Å². The van der Waals surface area contributed by atoms with E-state index in [1.807, 2.05) is 29.2 Å². The van der Waals surface area contributed by atoms with Gasteiger partial charge in [-0.1, -0.05) is 43.9 Å². The molecule has 0 bridgehead atoms. The van der Waals surface area contributed by atoms with Crippen LogP contribution in [0.2, 0.25) is 0 Å². The number of rotatable bonds is 6. The monoisotopic (exact) mass is 288 g/mol. The average Bonchev–Trinajstić information content (AvgIpc) is 2.97. The lowest BCUT2D eigenvalue weighted by atomic mass is 10.0. The van der Waals surface area contributed by atoms with E-state index < -0.39 is 0 Å². The highest BCUT2D eigenvalue weighted by Crippen LogP contribution is 2.29. The Hall–Kier alpha value is -1.51. The molecular formula is C18H28N2O. The van der Waals surface area contributed by atoms with Crippen molar-refractivity contribution in [1.29, 1.82) is 0 Å². The van der Waals surface area contributed by atoms with Gasteiger partial charge in [-0.05, 0) is 37.8 Å². The zero-order chi connectivity index (χ0) is 15.2. The molecule has 1 aliphatic carbocycles. The number of nitrogen functional groups attached to an aromatic ring is 1. The molecule has 2 N–H and O–H groups in total. The standard InChI is InChI=1S/C18H28N2O/c1-14(2)20(13-16-9-5-6-10-17(16)19)18(21)12-11-15-7-3-4-8-15/h5-6,9-10,14-15H,3-4,7-8,11-13,19H2,1-2H3. The summed E-state index contributed by atoms with van der Waals surface area (Å²) in [6.07, 6.45) is 7.02. The van der Waals surface area contributed by atoms with Crippen LogP contribution in [0.5, 0.6) is 0 Å². The van der Waals surface area contributed by atoms with Gasteiger partial charge in [0.25, 0.3) is 0 Å². The van der Waals surface area contributed by atoms with Gasteiger partial charge in [0.05, 0.1) is 0 Å². The summed E-state index contributed by atoms with van der Waals surface area (Å²) < 4.78 is 0. The number of carbonyl (C=O) groups excluding carboxylic acids is 1. The molecule has 1 fully saturated rings. The number of para-hydroxylation sites is 1. The van der Waals surface area contributed by atoms with E-state index in [0.717, 1.165) is 23.6 Å². The Balaban J connectivity index is 1.94. The maximum Gasteiger partial charge on any atom is 0.223 e. The van der Waals surface area contributed by atoms with E-state index in [0.29, 0.717) is 13.0 Å². The Morgan fingerprint density at radius 2 is 1.95 bits per heavy atom. The number of carbonyl (C=O) groups is 1. The van der Waals surface area contributed by atoms with Crippen LogP contribution in [-0.4, -0.2) is 16.8 Å². The Morgan fingerprint density at radius 3 is 2.57 bits per heavy atom. The van der Waals surface area contributed by atoms with Crippen LogP contribution < -0.4 is 5.73 Å². The quantitative estimate of drug-likeness (QED) is 0.805. The van der Waals surface area contributed by atoms with Gasteiger partial charge in [0.1, 0.15) is 0 Å². The molecule has 2 rings (SSSR count). The molecule has 0 heterocycles. The third-order valence-electron chi connectivity index (χ3n) is 4.58. The smallest absolute Gasteiger partial charge is 0.223 e. The molecule has 1 aliphatic rings. The second-order valence-electron chi connectivity index (χ2n) is 6.50. The number of hydrogen-bond acceptors (Lipinski definition) is 2. The second kappa shape index (κ2) is 7.48. The molecular weight excluding hydrogens is 260 g/mol. The van der Waals surface area contributed by atoms with Gasteiger partial charge in [0.2, 0.25) is 5.91 Å². The number of nitrogens with zero attached hydrogens (tertiary/aromatic N) is 1. The average molecular weight is 288 g/mol. The zero-order valence-electron chi connectivity index (χ0n) is 13.3. The van der Waals surface area contributed by atoms with Crippen LogP contribution in [0.25, 0.3) is 0 Å². The van der Waals surface area contributed by atoms with Crippen LogP contribution in [0.3, 0.4) is 0 Å². The molecule has 3 heteroatoms. The first kappa shape index (κ1) is 15.9. The van der Waals surface area contributed by atoms with E-state index in [2.05, 4.69) is 13.8 Å². The summed E-state index contributed by atoms with van der Waals surface area (Å²) >= 11 is 0. The summed E-state index contributed by atoms with van der Waals surface area (Å²) in [5, 5.41) is 0. The Morgan fingerprint density at radius 1 is 1.29 bits per heavy atom. The Kier molecular flexibility index (Phi) is 5.66. The molecule has 0 spiro atoms. The van der Waals surface area contributed by atoms with Crippen molar-refractivity contribution < 1.29 is 4.79 Å². The van der Waals surface area contributed by atoms with Gasteiger partial charge < -0.3 is 10.6 Å². The van der Waals surface area contributed by atoms with Crippen molar-refractivity contribution >= 4 is 11.6 Å². The van der Waals surface area contributed by atoms with E-state index in [1.54, 1.807) is 0 Å². The van der Waals surface area contributed by atoms with Gasteiger partial charge in [-0.15, -0.1) is 0 Å². The molecule has 0 aliphatic heterocycles. The van der Waals surface area contributed by atoms with Crippen molar-refractivity contribution in [3.8, 4) is 0 Å². The minimum Gasteiger partial charge on any atom is -0.398 e. The highest BCUT2D eigenvalue weighted by Gasteiger charge is 2.21. The minimum atomic E-state index is 0.209. The molecule has 0 atom stereocenters. The van der Waals surface area contributed by atoms with Crippen LogP contribution in [-0.2, 0) is 11.3 Å². The van der Waals surface area contributed by atoms with E-state index in [1.165, 1.54) is 25.7 Å². The van der Waals surface area contributed by atoms with E-state index in [9.17, 15) is 4.79 Å². The van der Waals surface area contributed by atoms with Gasteiger partial charge >= 0.3 is 0 Å². The maximum absolute atomic E-state index is 12.5. The molecule has 116 valence electrons. The summed E-state index contributed by atoms with van der Waals surface area (Å²) in [6.45, 7) is 4.77. The van der Waals surface area contributed by atoms with Gasteiger partial charge in [-0.25, -0.2) is 0 Å². The lowest BCUT2D eigenvalue weighted by Crippen LogP contribution is -2.36. The molecule has 3 nitrogen and oxygen atoms in total. The normalized spacial score (nSPS) is 15.6. The van der Waals surface area contributed by atoms with Crippen molar-refractivity contribution in [2.45, 2.75) is 65.0 Å². The van der Waals surface area contributed by atoms with E-state index >= 15 is 0 Å². The summed E-state index contributed by atoms with van der Waals surface area (Å²) in [7, 11) is 0. The van der Waals surface area contributed by atoms with Crippen molar-refractivity contribution in [3.63, 3.8) is 0 Å². The highest BCUT2D eigenvalue weighted by molar-refractivity contribution is 5.76. The first-order chi connectivity index (χ1) is 10.1. The second-order valence-corrected chi connectivity index (χ2v) is 6.50. The molecule has 0 radical (unpaired) electrons. The van der Waals surface area contributed by atoms with Crippen molar-refractivity contribution in [3.05, 3.63) is 29.8 Å².